The number of benzene rings is 1. The molecule has 1 aromatic rings. The standard InChI is InChI=1S/C11H9F3O4/c1-2-18-10(17)11(13,14)6-3-4-8(12)7(5-6)9(15)16/h3-5H,2H2,1H3,(H,15,16). The van der Waals surface area contributed by atoms with Crippen LogP contribution in [0.25, 0.3) is 0 Å². The highest BCUT2D eigenvalue weighted by molar-refractivity contribution is 5.89. The van der Waals surface area contributed by atoms with Crippen molar-refractivity contribution in [2.75, 3.05) is 6.61 Å². The number of carbonyl (C=O) groups excluding carboxylic acids is 1. The van der Waals surface area contributed by atoms with E-state index in [1.807, 2.05) is 0 Å². The maximum absolute atomic E-state index is 13.5. The third-order valence-electron chi connectivity index (χ3n) is 2.09. The molecule has 0 aliphatic rings. The van der Waals surface area contributed by atoms with Gasteiger partial charge in [-0.2, -0.15) is 8.78 Å². The van der Waals surface area contributed by atoms with Crippen LogP contribution >= 0.6 is 0 Å². The molecule has 18 heavy (non-hydrogen) atoms. The summed E-state index contributed by atoms with van der Waals surface area (Å²) in [5.74, 6) is -8.69. The number of alkyl halides is 2. The number of carbonyl (C=O) groups is 2. The topological polar surface area (TPSA) is 63.6 Å². The molecule has 1 aromatic carbocycles. The van der Waals surface area contributed by atoms with Gasteiger partial charge in [-0.15, -0.1) is 0 Å². The summed E-state index contributed by atoms with van der Waals surface area (Å²) in [7, 11) is 0. The van der Waals surface area contributed by atoms with Gasteiger partial charge in [0.1, 0.15) is 5.82 Å². The van der Waals surface area contributed by atoms with Crippen LogP contribution in [0, 0.1) is 5.82 Å². The lowest BCUT2D eigenvalue weighted by atomic mass is 10.0. The maximum atomic E-state index is 13.5. The van der Waals surface area contributed by atoms with E-state index in [0.29, 0.717) is 18.2 Å². The molecule has 0 aliphatic heterocycles. The van der Waals surface area contributed by atoms with Crippen LogP contribution in [-0.2, 0) is 15.5 Å². The fourth-order valence-electron chi connectivity index (χ4n) is 1.22. The fourth-order valence-corrected chi connectivity index (χ4v) is 1.22. The number of hydrogen-bond acceptors (Lipinski definition) is 3. The van der Waals surface area contributed by atoms with E-state index < -0.39 is 34.8 Å². The summed E-state index contributed by atoms with van der Waals surface area (Å²) < 4.78 is 44.2. The molecule has 0 unspecified atom stereocenters. The van der Waals surface area contributed by atoms with Crippen molar-refractivity contribution in [2.24, 2.45) is 0 Å². The first-order chi connectivity index (χ1) is 8.30. The molecular weight excluding hydrogens is 253 g/mol. The van der Waals surface area contributed by atoms with Gasteiger partial charge in [0.05, 0.1) is 12.2 Å². The van der Waals surface area contributed by atoms with Gasteiger partial charge >= 0.3 is 17.9 Å². The second kappa shape index (κ2) is 5.07. The zero-order chi connectivity index (χ0) is 13.9. The summed E-state index contributed by atoms with van der Waals surface area (Å²) in [6.45, 7) is 1.10. The molecule has 0 atom stereocenters. The number of ether oxygens (including phenoxy) is 1. The summed E-state index contributed by atoms with van der Waals surface area (Å²) in [5.41, 5.74) is -1.86. The third kappa shape index (κ3) is 2.61. The molecule has 0 aromatic heterocycles. The van der Waals surface area contributed by atoms with Gasteiger partial charge in [0.15, 0.2) is 0 Å². The Bertz CT molecular complexity index is 485. The zero-order valence-corrected chi connectivity index (χ0v) is 9.25. The van der Waals surface area contributed by atoms with Crippen molar-refractivity contribution >= 4 is 11.9 Å². The second-order valence-electron chi connectivity index (χ2n) is 3.29. The minimum Gasteiger partial charge on any atom is -0.478 e. The fraction of sp³-hybridized carbons (Fsp3) is 0.273. The summed E-state index contributed by atoms with van der Waals surface area (Å²) in [4.78, 5) is 21.6. The summed E-state index contributed by atoms with van der Waals surface area (Å²) in [6, 6.07) is 1.61. The highest BCUT2D eigenvalue weighted by Gasteiger charge is 2.43. The Morgan fingerprint density at radius 3 is 2.50 bits per heavy atom. The van der Waals surface area contributed by atoms with Crippen LogP contribution in [0.4, 0.5) is 13.2 Å². The Morgan fingerprint density at radius 1 is 1.39 bits per heavy atom. The average molecular weight is 262 g/mol. The molecule has 98 valence electrons. The lowest BCUT2D eigenvalue weighted by molar-refractivity contribution is -0.173. The summed E-state index contributed by atoms with van der Waals surface area (Å²) in [5, 5.41) is 8.60. The van der Waals surface area contributed by atoms with Crippen LogP contribution < -0.4 is 0 Å². The summed E-state index contributed by atoms with van der Waals surface area (Å²) >= 11 is 0. The Labute approximate surface area is 100.0 Å². The monoisotopic (exact) mass is 262 g/mol. The molecule has 0 saturated carbocycles. The Morgan fingerprint density at radius 2 is 2.00 bits per heavy atom. The average Bonchev–Trinajstić information content (AvgIpc) is 2.29. The predicted octanol–water partition coefficient (Wildman–Crippen LogP) is 2.18. The minimum absolute atomic E-state index is 0.249. The molecule has 0 amide bonds. The predicted molar refractivity (Wildman–Crippen MR) is 53.9 cm³/mol. The summed E-state index contributed by atoms with van der Waals surface area (Å²) in [6.07, 6.45) is 0. The SMILES string of the molecule is CCOC(=O)C(F)(F)c1ccc(F)c(C(=O)O)c1. The molecule has 0 fully saturated rings. The van der Waals surface area contributed by atoms with Gasteiger partial charge in [0.2, 0.25) is 0 Å². The van der Waals surface area contributed by atoms with Crippen LogP contribution in [0.5, 0.6) is 0 Å². The Hall–Kier alpha value is -2.05. The molecular formula is C11H9F3O4. The van der Waals surface area contributed by atoms with E-state index in [1.165, 1.54) is 6.92 Å². The van der Waals surface area contributed by atoms with Crippen LogP contribution in [0.2, 0.25) is 0 Å². The van der Waals surface area contributed by atoms with Gasteiger partial charge < -0.3 is 9.84 Å². The van der Waals surface area contributed by atoms with Crippen LogP contribution in [0.1, 0.15) is 22.8 Å². The number of esters is 1. The van der Waals surface area contributed by atoms with E-state index in [1.54, 1.807) is 0 Å². The van der Waals surface area contributed by atoms with Gasteiger partial charge in [-0.25, -0.2) is 14.0 Å². The molecule has 1 N–H and O–H groups in total. The highest BCUT2D eigenvalue weighted by atomic mass is 19.3. The first-order valence-electron chi connectivity index (χ1n) is 4.89. The lowest BCUT2D eigenvalue weighted by Gasteiger charge is -2.15. The number of aromatic carboxylic acids is 1. The molecule has 0 radical (unpaired) electrons. The van der Waals surface area contributed by atoms with E-state index in [4.69, 9.17) is 5.11 Å². The molecule has 0 aliphatic carbocycles. The van der Waals surface area contributed by atoms with Crippen molar-refractivity contribution in [1.29, 1.82) is 0 Å². The number of carboxylic acid groups (broad SMARTS) is 1. The second-order valence-corrected chi connectivity index (χ2v) is 3.29. The van der Waals surface area contributed by atoms with E-state index >= 15 is 0 Å². The Kier molecular flexibility index (Phi) is 3.95. The van der Waals surface area contributed by atoms with Crippen molar-refractivity contribution in [1.82, 2.24) is 0 Å². The molecule has 0 heterocycles. The van der Waals surface area contributed by atoms with Crippen molar-refractivity contribution in [3.63, 3.8) is 0 Å². The maximum Gasteiger partial charge on any atom is 0.381 e. The van der Waals surface area contributed by atoms with Gasteiger partial charge in [-0.05, 0) is 25.1 Å². The van der Waals surface area contributed by atoms with Gasteiger partial charge in [0.25, 0.3) is 0 Å². The molecule has 4 nitrogen and oxygen atoms in total. The minimum atomic E-state index is -4.02. The largest absolute Gasteiger partial charge is 0.478 e. The molecule has 1 rings (SSSR count). The smallest absolute Gasteiger partial charge is 0.381 e. The first-order valence-corrected chi connectivity index (χ1v) is 4.89. The van der Waals surface area contributed by atoms with Crippen molar-refractivity contribution < 1.29 is 32.6 Å². The van der Waals surface area contributed by atoms with Crippen LogP contribution in [-0.4, -0.2) is 23.7 Å². The van der Waals surface area contributed by atoms with E-state index in [9.17, 15) is 22.8 Å². The first kappa shape index (κ1) is 14.0. The number of carboxylic acids is 1. The van der Waals surface area contributed by atoms with E-state index in [2.05, 4.69) is 4.74 Å². The molecule has 0 saturated heterocycles. The van der Waals surface area contributed by atoms with Crippen molar-refractivity contribution in [2.45, 2.75) is 12.8 Å². The van der Waals surface area contributed by atoms with Gasteiger partial charge in [-0.3, -0.25) is 0 Å². The molecule has 0 spiro atoms. The lowest BCUT2D eigenvalue weighted by Crippen LogP contribution is -2.28. The normalized spacial score (nSPS) is 11.1. The quantitative estimate of drug-likeness (QED) is 0.845. The van der Waals surface area contributed by atoms with Gasteiger partial charge in [-0.1, -0.05) is 0 Å². The Balaban J connectivity index is 3.21. The molecule has 7 heteroatoms. The van der Waals surface area contributed by atoms with E-state index in [0.717, 1.165) is 0 Å². The van der Waals surface area contributed by atoms with Crippen LogP contribution in [0.3, 0.4) is 0 Å². The van der Waals surface area contributed by atoms with Crippen molar-refractivity contribution in [3.05, 3.63) is 35.1 Å². The van der Waals surface area contributed by atoms with Crippen molar-refractivity contribution in [3.8, 4) is 0 Å². The zero-order valence-electron chi connectivity index (χ0n) is 9.25. The number of hydrogen-bond donors (Lipinski definition) is 1. The van der Waals surface area contributed by atoms with Crippen LogP contribution in [0.15, 0.2) is 18.2 Å². The highest BCUT2D eigenvalue weighted by Crippen LogP contribution is 2.30. The third-order valence-corrected chi connectivity index (χ3v) is 2.09. The number of halogens is 3. The van der Waals surface area contributed by atoms with E-state index in [-0.39, 0.29) is 6.61 Å². The number of rotatable bonds is 4. The van der Waals surface area contributed by atoms with Gasteiger partial charge in [0, 0.05) is 5.56 Å². The molecule has 0 bridgehead atoms.